The third kappa shape index (κ3) is 2.77. The number of aromatic hydroxyl groups is 1. The Morgan fingerprint density at radius 3 is 2.82 bits per heavy atom. The van der Waals surface area contributed by atoms with Crippen LogP contribution in [0.2, 0.25) is 0 Å². The van der Waals surface area contributed by atoms with Crippen molar-refractivity contribution in [1.29, 1.82) is 5.26 Å². The Bertz CT molecular complexity index is 492. The molecule has 0 aromatic heterocycles. The summed E-state index contributed by atoms with van der Waals surface area (Å²) in [5, 5.41) is 21.0. The first-order chi connectivity index (χ1) is 8.11. The third-order valence-electron chi connectivity index (χ3n) is 2.73. The molecule has 1 aliphatic rings. The van der Waals surface area contributed by atoms with Gasteiger partial charge in [0.2, 0.25) is 0 Å². The van der Waals surface area contributed by atoms with Crippen LogP contribution in [0.5, 0.6) is 5.75 Å². The highest BCUT2D eigenvalue weighted by Crippen LogP contribution is 2.32. The topological polar surface area (TPSA) is 73.1 Å². The van der Waals surface area contributed by atoms with Gasteiger partial charge >= 0.3 is 0 Å². The van der Waals surface area contributed by atoms with Gasteiger partial charge in [0.05, 0.1) is 10.5 Å². The van der Waals surface area contributed by atoms with Crippen LogP contribution in [0.25, 0.3) is 0 Å². The van der Waals surface area contributed by atoms with Gasteiger partial charge in [0.25, 0.3) is 5.91 Å². The first-order valence-electron chi connectivity index (χ1n) is 5.31. The zero-order chi connectivity index (χ0) is 12.4. The number of nitrogens with zero attached hydrogens (tertiary/aromatic N) is 1. The summed E-state index contributed by atoms with van der Waals surface area (Å²) in [4.78, 5) is 11.8. The van der Waals surface area contributed by atoms with Gasteiger partial charge in [0.15, 0.2) is 0 Å². The standard InChI is InChI=1S/C12H11BrN2O2/c13-9-4-3-8(5-11(9)16)12(17)15-10(6-14)7-1-2-7/h3-5,7,10,16H,1-2H2,(H,15,17). The van der Waals surface area contributed by atoms with E-state index in [1.807, 2.05) is 0 Å². The smallest absolute Gasteiger partial charge is 0.252 e. The number of carbonyl (C=O) groups is 1. The lowest BCUT2D eigenvalue weighted by molar-refractivity contribution is 0.0941. The minimum Gasteiger partial charge on any atom is -0.507 e. The van der Waals surface area contributed by atoms with E-state index in [9.17, 15) is 9.90 Å². The molecule has 17 heavy (non-hydrogen) atoms. The molecule has 88 valence electrons. The molecule has 1 aromatic rings. The van der Waals surface area contributed by atoms with E-state index in [4.69, 9.17) is 5.26 Å². The quantitative estimate of drug-likeness (QED) is 0.897. The molecule has 1 atom stereocenters. The highest BCUT2D eigenvalue weighted by Gasteiger charge is 2.32. The molecule has 1 saturated carbocycles. The highest BCUT2D eigenvalue weighted by molar-refractivity contribution is 9.10. The number of phenolic OH excluding ortho intramolecular Hbond substituents is 1. The van der Waals surface area contributed by atoms with E-state index in [1.165, 1.54) is 6.07 Å². The van der Waals surface area contributed by atoms with E-state index >= 15 is 0 Å². The zero-order valence-corrected chi connectivity index (χ0v) is 10.6. The molecule has 1 aliphatic carbocycles. The summed E-state index contributed by atoms with van der Waals surface area (Å²) in [6.07, 6.45) is 1.98. The van der Waals surface area contributed by atoms with Crippen molar-refractivity contribution in [2.24, 2.45) is 5.92 Å². The van der Waals surface area contributed by atoms with Gasteiger partial charge in [0, 0.05) is 5.56 Å². The lowest BCUT2D eigenvalue weighted by Crippen LogP contribution is -2.35. The largest absolute Gasteiger partial charge is 0.507 e. The van der Waals surface area contributed by atoms with Crippen molar-refractivity contribution in [2.45, 2.75) is 18.9 Å². The lowest BCUT2D eigenvalue weighted by atomic mass is 10.1. The van der Waals surface area contributed by atoms with Crippen molar-refractivity contribution in [1.82, 2.24) is 5.32 Å². The van der Waals surface area contributed by atoms with Gasteiger partial charge in [-0.05, 0) is 52.9 Å². The lowest BCUT2D eigenvalue weighted by Gasteiger charge is -2.10. The third-order valence-corrected chi connectivity index (χ3v) is 3.40. The maximum Gasteiger partial charge on any atom is 0.252 e. The van der Waals surface area contributed by atoms with Crippen molar-refractivity contribution < 1.29 is 9.90 Å². The van der Waals surface area contributed by atoms with Crippen LogP contribution in [0.3, 0.4) is 0 Å². The van der Waals surface area contributed by atoms with Crippen LogP contribution >= 0.6 is 15.9 Å². The van der Waals surface area contributed by atoms with Crippen molar-refractivity contribution in [3.63, 3.8) is 0 Å². The summed E-state index contributed by atoms with van der Waals surface area (Å²) in [6.45, 7) is 0. The summed E-state index contributed by atoms with van der Waals surface area (Å²) < 4.78 is 0.535. The van der Waals surface area contributed by atoms with Crippen LogP contribution in [-0.2, 0) is 0 Å². The molecule has 0 radical (unpaired) electrons. The van der Waals surface area contributed by atoms with Gasteiger partial charge in [-0.15, -0.1) is 0 Å². The second-order valence-corrected chi connectivity index (χ2v) is 4.94. The second kappa shape index (κ2) is 4.76. The predicted molar refractivity (Wildman–Crippen MR) is 65.4 cm³/mol. The number of carbonyl (C=O) groups excluding carboxylic acids is 1. The van der Waals surface area contributed by atoms with E-state index in [-0.39, 0.29) is 17.6 Å². The van der Waals surface area contributed by atoms with Gasteiger partial charge in [-0.1, -0.05) is 0 Å². The fourth-order valence-electron chi connectivity index (χ4n) is 1.56. The number of nitriles is 1. The second-order valence-electron chi connectivity index (χ2n) is 4.08. The van der Waals surface area contributed by atoms with Crippen molar-refractivity contribution in [3.05, 3.63) is 28.2 Å². The van der Waals surface area contributed by atoms with Crippen molar-refractivity contribution >= 4 is 21.8 Å². The molecule has 0 saturated heterocycles. The molecule has 0 aliphatic heterocycles. The van der Waals surface area contributed by atoms with E-state index in [0.29, 0.717) is 10.0 Å². The normalized spacial score (nSPS) is 16.0. The Labute approximate surface area is 107 Å². The SMILES string of the molecule is N#CC(NC(=O)c1ccc(Br)c(O)c1)C1CC1. The highest BCUT2D eigenvalue weighted by atomic mass is 79.9. The van der Waals surface area contributed by atoms with Gasteiger partial charge in [-0.25, -0.2) is 0 Å². The van der Waals surface area contributed by atoms with E-state index in [0.717, 1.165) is 12.8 Å². The minimum absolute atomic E-state index is 0.0116. The molecule has 2 rings (SSSR count). The molecular weight excluding hydrogens is 284 g/mol. The van der Waals surface area contributed by atoms with Crippen LogP contribution in [0.15, 0.2) is 22.7 Å². The van der Waals surface area contributed by atoms with E-state index < -0.39 is 6.04 Å². The molecule has 1 fully saturated rings. The number of amides is 1. The summed E-state index contributed by atoms with van der Waals surface area (Å²) in [5.41, 5.74) is 0.353. The number of nitrogens with one attached hydrogen (secondary N) is 1. The van der Waals surface area contributed by atoms with Gasteiger partial charge < -0.3 is 10.4 Å². The van der Waals surface area contributed by atoms with Crippen LogP contribution in [0.4, 0.5) is 0 Å². The number of hydrogen-bond donors (Lipinski definition) is 2. The van der Waals surface area contributed by atoms with Gasteiger partial charge in [0.1, 0.15) is 11.8 Å². The van der Waals surface area contributed by atoms with Crippen molar-refractivity contribution in [3.8, 4) is 11.8 Å². The number of hydrogen-bond acceptors (Lipinski definition) is 3. The number of rotatable bonds is 3. The first kappa shape index (κ1) is 11.9. The van der Waals surface area contributed by atoms with Crippen molar-refractivity contribution in [2.75, 3.05) is 0 Å². The van der Waals surface area contributed by atoms with Gasteiger partial charge in [-0.2, -0.15) is 5.26 Å². The molecule has 5 heteroatoms. The fourth-order valence-corrected chi connectivity index (χ4v) is 1.81. The Morgan fingerprint density at radius 1 is 1.59 bits per heavy atom. The Morgan fingerprint density at radius 2 is 2.29 bits per heavy atom. The fraction of sp³-hybridized carbons (Fsp3) is 0.333. The monoisotopic (exact) mass is 294 g/mol. The summed E-state index contributed by atoms with van der Waals surface area (Å²) in [6, 6.07) is 6.24. The van der Waals surface area contributed by atoms with E-state index in [1.54, 1.807) is 12.1 Å². The molecule has 0 spiro atoms. The van der Waals surface area contributed by atoms with Crippen LogP contribution in [0, 0.1) is 17.2 Å². The van der Waals surface area contributed by atoms with Gasteiger partial charge in [-0.3, -0.25) is 4.79 Å². The maximum atomic E-state index is 11.8. The molecule has 0 heterocycles. The molecule has 1 aromatic carbocycles. The number of halogens is 1. The number of benzene rings is 1. The average molecular weight is 295 g/mol. The summed E-state index contributed by atoms with van der Waals surface area (Å²) in [7, 11) is 0. The predicted octanol–water partition coefficient (Wildman–Crippen LogP) is 2.19. The Hall–Kier alpha value is -1.54. The molecule has 4 nitrogen and oxygen atoms in total. The van der Waals surface area contributed by atoms with Crippen LogP contribution in [-0.4, -0.2) is 17.1 Å². The molecule has 0 bridgehead atoms. The molecule has 2 N–H and O–H groups in total. The molecular formula is C12H11BrN2O2. The molecule has 1 amide bonds. The summed E-state index contributed by atoms with van der Waals surface area (Å²) >= 11 is 3.14. The summed E-state index contributed by atoms with van der Waals surface area (Å²) in [5.74, 6) is -0.0307. The molecule has 1 unspecified atom stereocenters. The van der Waals surface area contributed by atoms with E-state index in [2.05, 4.69) is 27.3 Å². The maximum absolute atomic E-state index is 11.8. The minimum atomic E-state index is -0.423. The van der Waals surface area contributed by atoms with Crippen LogP contribution in [0.1, 0.15) is 23.2 Å². The zero-order valence-electron chi connectivity index (χ0n) is 8.98. The van der Waals surface area contributed by atoms with Crippen LogP contribution < -0.4 is 5.32 Å². The average Bonchev–Trinajstić information content (AvgIpc) is 3.13. The Balaban J connectivity index is 2.08. The number of phenols is 1. The first-order valence-corrected chi connectivity index (χ1v) is 6.10. The Kier molecular flexibility index (Phi) is 3.34.